The highest BCUT2D eigenvalue weighted by Crippen LogP contribution is 2.17. The van der Waals surface area contributed by atoms with Crippen molar-refractivity contribution in [3.8, 4) is 0 Å². The predicted molar refractivity (Wildman–Crippen MR) is 69.7 cm³/mol. The van der Waals surface area contributed by atoms with Crippen LogP contribution < -0.4 is 5.32 Å². The minimum Gasteiger partial charge on any atom is -0.308 e. The molecule has 86 valence electrons. The monoisotopic (exact) mass is 293 g/mol. The molecule has 0 unspecified atom stereocenters. The van der Waals surface area contributed by atoms with Crippen molar-refractivity contribution in [1.82, 2.24) is 0 Å². The van der Waals surface area contributed by atoms with Gasteiger partial charge in [0.15, 0.2) is 0 Å². The lowest BCUT2D eigenvalue weighted by atomic mass is 10.2. The number of halogens is 2. The van der Waals surface area contributed by atoms with Gasteiger partial charge in [0.1, 0.15) is 17.2 Å². The number of benzene rings is 2. The van der Waals surface area contributed by atoms with Crippen LogP contribution in [0.5, 0.6) is 0 Å². The maximum Gasteiger partial charge on any atom is 0.143 e. The van der Waals surface area contributed by atoms with Crippen molar-refractivity contribution in [2.45, 2.75) is 0 Å². The first-order chi connectivity index (χ1) is 8.19. The fourth-order valence-electron chi connectivity index (χ4n) is 1.54. The van der Waals surface area contributed by atoms with Gasteiger partial charge in [-0.15, -0.1) is 0 Å². The second kappa shape index (κ2) is 5.21. The summed E-state index contributed by atoms with van der Waals surface area (Å²) in [4.78, 5) is 0. The molecule has 2 rings (SSSR count). The van der Waals surface area contributed by atoms with Gasteiger partial charge in [0.05, 0.1) is 5.56 Å². The Hall–Kier alpha value is -1.52. The quantitative estimate of drug-likeness (QED) is 0.645. The molecule has 17 heavy (non-hydrogen) atoms. The van der Waals surface area contributed by atoms with Crippen LogP contribution in [-0.4, -0.2) is 6.21 Å². The number of nitrogens with one attached hydrogen (secondary N) is 1. The summed E-state index contributed by atoms with van der Waals surface area (Å²) in [5, 5.41) is 9.28. The van der Waals surface area contributed by atoms with E-state index in [4.69, 9.17) is 5.41 Å². The highest BCUT2D eigenvalue weighted by molar-refractivity contribution is 9.10. The average Bonchev–Trinajstić information content (AvgIpc) is 2.34. The first-order valence-electron chi connectivity index (χ1n) is 5.09. The van der Waals surface area contributed by atoms with Crippen LogP contribution in [0.4, 0.5) is 15.8 Å². The molecule has 0 bridgehead atoms. The van der Waals surface area contributed by atoms with Gasteiger partial charge in [-0.3, -0.25) is 5.32 Å². The molecule has 0 aliphatic heterocycles. The van der Waals surface area contributed by atoms with Crippen LogP contribution in [-0.2, 0) is 0 Å². The fraction of sp³-hybridized carbons (Fsp3) is 0. The lowest BCUT2D eigenvalue weighted by Gasteiger charge is -2.04. The van der Waals surface area contributed by atoms with Gasteiger partial charge in [-0.1, -0.05) is 15.9 Å². The first-order valence-corrected chi connectivity index (χ1v) is 5.89. The third-order valence-corrected chi connectivity index (χ3v) is 2.89. The van der Waals surface area contributed by atoms with Gasteiger partial charge in [-0.25, -0.2) is 4.39 Å². The van der Waals surface area contributed by atoms with Crippen LogP contribution in [0.1, 0.15) is 5.56 Å². The summed E-state index contributed by atoms with van der Waals surface area (Å²) in [6, 6.07) is 12.0. The van der Waals surface area contributed by atoms with Crippen LogP contribution in [0.15, 0.2) is 46.9 Å². The van der Waals surface area contributed by atoms with Crippen molar-refractivity contribution >= 4 is 33.5 Å². The van der Waals surface area contributed by atoms with Crippen molar-refractivity contribution in [3.63, 3.8) is 0 Å². The lowest BCUT2D eigenvalue weighted by Crippen LogP contribution is -2.71. The third kappa shape index (κ3) is 2.99. The topological polar surface area (TPSA) is 40.5 Å². The Morgan fingerprint density at radius 3 is 2.47 bits per heavy atom. The van der Waals surface area contributed by atoms with E-state index in [1.807, 2.05) is 23.5 Å². The van der Waals surface area contributed by atoms with Gasteiger partial charge >= 0.3 is 0 Å². The standard InChI is InChI=1S/C13H10BrFN2/c14-10-1-6-13(9(7-10)8-16)17-12-4-2-11(15)3-5-12/h1-8,16-17H/p+1. The van der Waals surface area contributed by atoms with E-state index >= 15 is 0 Å². The summed E-state index contributed by atoms with van der Waals surface area (Å²) in [5.41, 5.74) is 2.68. The van der Waals surface area contributed by atoms with Crippen molar-refractivity contribution < 1.29 is 9.71 Å². The summed E-state index contributed by atoms with van der Waals surface area (Å²) in [6.07, 6.45) is 1.31. The summed E-state index contributed by atoms with van der Waals surface area (Å²) in [7, 11) is 0. The summed E-state index contributed by atoms with van der Waals surface area (Å²) < 4.78 is 13.7. The van der Waals surface area contributed by atoms with Gasteiger partial charge < -0.3 is 5.41 Å². The highest BCUT2D eigenvalue weighted by Gasteiger charge is 2.06. The van der Waals surface area contributed by atoms with E-state index in [1.54, 1.807) is 12.1 Å². The molecule has 0 spiro atoms. The highest BCUT2D eigenvalue weighted by atomic mass is 79.9. The molecule has 0 atom stereocenters. The van der Waals surface area contributed by atoms with Crippen LogP contribution >= 0.6 is 15.9 Å². The van der Waals surface area contributed by atoms with E-state index in [0.717, 1.165) is 21.4 Å². The zero-order valence-corrected chi connectivity index (χ0v) is 10.5. The van der Waals surface area contributed by atoms with Gasteiger partial charge in [0, 0.05) is 28.9 Å². The number of hydrogen-bond acceptors (Lipinski definition) is 1. The van der Waals surface area contributed by atoms with E-state index < -0.39 is 0 Å². The van der Waals surface area contributed by atoms with Crippen LogP contribution in [0, 0.1) is 11.2 Å². The smallest absolute Gasteiger partial charge is 0.143 e. The Labute approximate surface area is 107 Å². The number of quaternary nitrogens is 1. The number of nitrogens with two attached hydrogens (primary N) is 1. The van der Waals surface area contributed by atoms with Crippen molar-refractivity contribution in [1.29, 1.82) is 5.41 Å². The Kier molecular flexibility index (Phi) is 3.66. The normalized spacial score (nSPS) is 10.2. The molecule has 2 aromatic carbocycles. The van der Waals surface area contributed by atoms with Crippen LogP contribution in [0.25, 0.3) is 0 Å². The molecule has 0 heterocycles. The molecule has 0 amide bonds. The van der Waals surface area contributed by atoms with Crippen LogP contribution in [0.3, 0.4) is 0 Å². The zero-order chi connectivity index (χ0) is 12.3. The molecule has 0 saturated heterocycles. The van der Waals surface area contributed by atoms with E-state index in [0.29, 0.717) is 0 Å². The fourth-order valence-corrected chi connectivity index (χ4v) is 1.92. The van der Waals surface area contributed by atoms with Crippen molar-refractivity contribution in [3.05, 3.63) is 58.3 Å². The number of rotatable bonds is 3. The van der Waals surface area contributed by atoms with Crippen LogP contribution in [0.2, 0.25) is 0 Å². The van der Waals surface area contributed by atoms with Gasteiger partial charge in [-0.2, -0.15) is 0 Å². The van der Waals surface area contributed by atoms with E-state index in [1.165, 1.54) is 18.3 Å². The third-order valence-electron chi connectivity index (χ3n) is 2.40. The molecule has 2 aromatic rings. The molecule has 0 fully saturated rings. The Morgan fingerprint density at radius 2 is 1.82 bits per heavy atom. The summed E-state index contributed by atoms with van der Waals surface area (Å²) in [5.74, 6) is -0.245. The molecule has 0 saturated carbocycles. The molecule has 0 radical (unpaired) electrons. The molecular formula is C13H11BrFN2+. The number of hydrogen-bond donors (Lipinski definition) is 2. The molecule has 0 aliphatic carbocycles. The molecule has 4 heteroatoms. The Balaban J connectivity index is 2.29. The van der Waals surface area contributed by atoms with Crippen molar-refractivity contribution in [2.75, 3.05) is 0 Å². The van der Waals surface area contributed by atoms with Gasteiger partial charge in [0.2, 0.25) is 0 Å². The van der Waals surface area contributed by atoms with Crippen molar-refractivity contribution in [2.24, 2.45) is 0 Å². The van der Waals surface area contributed by atoms with Gasteiger partial charge in [-0.05, 0) is 24.3 Å². The lowest BCUT2D eigenvalue weighted by molar-refractivity contribution is -0.478. The van der Waals surface area contributed by atoms with E-state index in [2.05, 4.69) is 15.9 Å². The predicted octanol–water partition coefficient (Wildman–Crippen LogP) is 3.11. The largest absolute Gasteiger partial charge is 0.308 e. The molecule has 0 aromatic heterocycles. The average molecular weight is 294 g/mol. The summed E-state index contributed by atoms with van der Waals surface area (Å²) in [6.45, 7) is 0. The summed E-state index contributed by atoms with van der Waals surface area (Å²) >= 11 is 3.37. The molecule has 2 nitrogen and oxygen atoms in total. The first kappa shape index (κ1) is 12.0. The van der Waals surface area contributed by atoms with E-state index in [-0.39, 0.29) is 5.82 Å². The minimum atomic E-state index is -0.245. The molecule has 3 N–H and O–H groups in total. The molecule has 0 aliphatic rings. The zero-order valence-electron chi connectivity index (χ0n) is 8.95. The minimum absolute atomic E-state index is 0.245. The SMILES string of the molecule is N=Cc1cc(Br)ccc1[NH2+]c1ccc(F)cc1. The second-order valence-electron chi connectivity index (χ2n) is 3.61. The second-order valence-corrected chi connectivity index (χ2v) is 4.53. The van der Waals surface area contributed by atoms with E-state index in [9.17, 15) is 4.39 Å². The maximum absolute atomic E-state index is 12.8. The van der Waals surface area contributed by atoms with Gasteiger partial charge in [0.25, 0.3) is 0 Å². The Morgan fingerprint density at radius 1 is 1.12 bits per heavy atom. The molecular weight excluding hydrogens is 283 g/mol. The maximum atomic E-state index is 12.8. The Bertz CT molecular complexity index is 538.